The second-order valence-electron chi connectivity index (χ2n) is 2.89. The third-order valence-electron chi connectivity index (χ3n) is 1.63. The van der Waals surface area contributed by atoms with Crippen LogP contribution in [-0.2, 0) is 0 Å². The number of hydrogen-bond acceptors (Lipinski definition) is 6. The molecule has 2 aromatic heterocycles. The fourth-order valence-corrected chi connectivity index (χ4v) is 1.66. The Labute approximate surface area is 99.9 Å². The Kier molecular flexibility index (Phi) is 3.07. The zero-order valence-electron chi connectivity index (χ0n) is 8.14. The van der Waals surface area contributed by atoms with Crippen molar-refractivity contribution in [2.24, 2.45) is 0 Å². The Hall–Kier alpha value is -1.60. The van der Waals surface area contributed by atoms with Crippen LogP contribution in [0.3, 0.4) is 0 Å². The number of carbonyl (C=O) groups excluding carboxylic acids is 1. The maximum atomic E-state index is 11.6. The van der Waals surface area contributed by atoms with E-state index in [2.05, 4.69) is 24.9 Å². The van der Waals surface area contributed by atoms with Crippen LogP contribution < -0.4 is 5.32 Å². The molecule has 1 amide bonds. The van der Waals surface area contributed by atoms with E-state index in [1.54, 1.807) is 13.0 Å². The van der Waals surface area contributed by atoms with Gasteiger partial charge in [0, 0.05) is 5.69 Å². The first-order valence-electron chi connectivity index (χ1n) is 4.25. The molecule has 82 valence electrons. The van der Waals surface area contributed by atoms with Crippen LogP contribution in [0, 0.1) is 6.92 Å². The number of carbonyl (C=O) groups is 1. The van der Waals surface area contributed by atoms with Gasteiger partial charge in [-0.3, -0.25) is 10.1 Å². The first-order valence-corrected chi connectivity index (χ1v) is 5.40. The van der Waals surface area contributed by atoms with Gasteiger partial charge in [-0.1, -0.05) is 16.1 Å². The van der Waals surface area contributed by atoms with Crippen LogP contribution in [0.25, 0.3) is 0 Å². The summed E-state index contributed by atoms with van der Waals surface area (Å²) in [6.07, 6.45) is 1.37. The lowest BCUT2D eigenvalue weighted by Gasteiger charge is -2.02. The molecule has 0 saturated carbocycles. The van der Waals surface area contributed by atoms with Crippen LogP contribution >= 0.6 is 23.1 Å². The van der Waals surface area contributed by atoms with Gasteiger partial charge in [-0.15, -0.1) is 5.10 Å². The van der Waals surface area contributed by atoms with Gasteiger partial charge in [-0.25, -0.2) is 9.97 Å². The van der Waals surface area contributed by atoms with Crippen molar-refractivity contribution in [3.63, 3.8) is 0 Å². The molecule has 0 aromatic carbocycles. The molecule has 0 aliphatic rings. The van der Waals surface area contributed by atoms with Gasteiger partial charge in [-0.2, -0.15) is 0 Å². The van der Waals surface area contributed by atoms with Crippen molar-refractivity contribution < 1.29 is 4.79 Å². The van der Waals surface area contributed by atoms with E-state index < -0.39 is 0 Å². The molecule has 2 heterocycles. The highest BCUT2D eigenvalue weighted by Gasteiger charge is 2.10. The number of hydrogen-bond donors (Lipinski definition) is 1. The van der Waals surface area contributed by atoms with E-state index in [1.807, 2.05) is 0 Å². The number of amides is 1. The first-order chi connectivity index (χ1) is 7.65. The molecule has 0 unspecified atom stereocenters. The van der Waals surface area contributed by atoms with Gasteiger partial charge in [0.2, 0.25) is 5.95 Å². The number of anilines is 1. The minimum absolute atomic E-state index is 0.170. The molecular formula is C8H6ClN5OS. The van der Waals surface area contributed by atoms with Gasteiger partial charge in [0.25, 0.3) is 5.91 Å². The second-order valence-corrected chi connectivity index (χ2v) is 4.06. The molecule has 2 aromatic rings. The summed E-state index contributed by atoms with van der Waals surface area (Å²) < 4.78 is 3.58. The summed E-state index contributed by atoms with van der Waals surface area (Å²) in [6.45, 7) is 1.76. The van der Waals surface area contributed by atoms with Crippen LogP contribution in [0.5, 0.6) is 0 Å². The first kappa shape index (κ1) is 10.9. The van der Waals surface area contributed by atoms with Crippen LogP contribution in [0.2, 0.25) is 5.15 Å². The lowest BCUT2D eigenvalue weighted by atomic mass is 10.4. The van der Waals surface area contributed by atoms with Crippen LogP contribution in [-0.4, -0.2) is 25.5 Å². The number of aromatic nitrogens is 4. The summed E-state index contributed by atoms with van der Waals surface area (Å²) in [5.74, 6) is -0.180. The molecule has 2 rings (SSSR count). The Morgan fingerprint density at radius 3 is 2.94 bits per heavy atom. The average Bonchev–Trinajstić information content (AvgIpc) is 2.68. The summed E-state index contributed by atoms with van der Waals surface area (Å²) >= 11 is 6.73. The van der Waals surface area contributed by atoms with Gasteiger partial charge in [-0.05, 0) is 24.5 Å². The van der Waals surface area contributed by atoms with Crippen molar-refractivity contribution in [3.8, 4) is 0 Å². The molecule has 8 heteroatoms. The number of nitrogens with one attached hydrogen (secondary N) is 1. The van der Waals surface area contributed by atoms with E-state index in [9.17, 15) is 4.79 Å². The third kappa shape index (κ3) is 2.50. The van der Waals surface area contributed by atoms with Crippen molar-refractivity contribution in [1.29, 1.82) is 0 Å². The van der Waals surface area contributed by atoms with E-state index >= 15 is 0 Å². The van der Waals surface area contributed by atoms with Gasteiger partial charge in [0.15, 0.2) is 0 Å². The van der Waals surface area contributed by atoms with E-state index in [1.165, 1.54) is 6.20 Å². The second kappa shape index (κ2) is 4.50. The smallest absolute Gasteiger partial charge is 0.271 e. The molecule has 0 saturated heterocycles. The number of aryl methyl sites for hydroxylation is 1. The Morgan fingerprint density at radius 1 is 1.50 bits per heavy atom. The largest absolute Gasteiger partial charge is 0.290 e. The van der Waals surface area contributed by atoms with Crippen LogP contribution in [0.15, 0.2) is 12.3 Å². The summed E-state index contributed by atoms with van der Waals surface area (Å²) in [5, 5.41) is 6.35. The van der Waals surface area contributed by atoms with Crippen molar-refractivity contribution in [1.82, 2.24) is 19.6 Å². The van der Waals surface area contributed by atoms with E-state index in [-0.39, 0.29) is 17.0 Å². The predicted molar refractivity (Wildman–Crippen MR) is 59.6 cm³/mol. The lowest BCUT2D eigenvalue weighted by Crippen LogP contribution is -2.13. The molecule has 6 nitrogen and oxygen atoms in total. The maximum Gasteiger partial charge on any atom is 0.271 e. The van der Waals surface area contributed by atoms with Crippen LogP contribution in [0.4, 0.5) is 5.95 Å². The molecule has 0 spiro atoms. The molecule has 0 aliphatic heterocycles. The number of halogens is 1. The Bertz CT molecular complexity index is 495. The number of nitrogens with zero attached hydrogens (tertiary/aromatic N) is 4. The Balaban J connectivity index is 2.18. The molecule has 0 fully saturated rings. The van der Waals surface area contributed by atoms with Crippen LogP contribution in [0.1, 0.15) is 15.4 Å². The minimum Gasteiger partial charge on any atom is -0.290 e. The summed E-state index contributed by atoms with van der Waals surface area (Å²) in [7, 11) is 0. The molecular weight excluding hydrogens is 250 g/mol. The van der Waals surface area contributed by atoms with Gasteiger partial charge in [0.05, 0.1) is 6.20 Å². The summed E-state index contributed by atoms with van der Waals surface area (Å²) in [6, 6.07) is 1.60. The average molecular weight is 256 g/mol. The summed E-state index contributed by atoms with van der Waals surface area (Å²) in [5.41, 5.74) is 0.678. The molecule has 0 radical (unpaired) electrons. The quantitative estimate of drug-likeness (QED) is 0.824. The Morgan fingerprint density at radius 2 is 2.31 bits per heavy atom. The molecule has 16 heavy (non-hydrogen) atoms. The lowest BCUT2D eigenvalue weighted by molar-refractivity contribution is 0.102. The molecule has 0 atom stereocenters. The highest BCUT2D eigenvalue weighted by molar-refractivity contribution is 7.07. The third-order valence-corrected chi connectivity index (χ3v) is 2.49. The van der Waals surface area contributed by atoms with E-state index in [0.29, 0.717) is 10.6 Å². The molecule has 0 bridgehead atoms. The normalized spacial score (nSPS) is 10.1. The van der Waals surface area contributed by atoms with Crippen molar-refractivity contribution in [3.05, 3.63) is 28.0 Å². The predicted octanol–water partition coefficient (Wildman–Crippen LogP) is 1.54. The highest BCUT2D eigenvalue weighted by atomic mass is 35.5. The minimum atomic E-state index is -0.350. The molecule has 1 N–H and O–H groups in total. The maximum absolute atomic E-state index is 11.6. The monoisotopic (exact) mass is 255 g/mol. The van der Waals surface area contributed by atoms with E-state index in [0.717, 1.165) is 11.5 Å². The number of rotatable bonds is 2. The van der Waals surface area contributed by atoms with Crippen molar-refractivity contribution in [2.45, 2.75) is 6.92 Å². The summed E-state index contributed by atoms with van der Waals surface area (Å²) in [4.78, 5) is 19.9. The van der Waals surface area contributed by atoms with Crippen molar-refractivity contribution >= 4 is 35.0 Å². The standard InChI is InChI=1S/C8H6ClN5OS/c1-4-2-6(9)12-8(11-4)13-7(15)5-3-10-14-16-5/h2-3H,1H3,(H,11,12,13,15). The highest BCUT2D eigenvalue weighted by Crippen LogP contribution is 2.11. The van der Waals surface area contributed by atoms with Gasteiger partial charge < -0.3 is 0 Å². The zero-order chi connectivity index (χ0) is 11.5. The van der Waals surface area contributed by atoms with Gasteiger partial charge >= 0.3 is 0 Å². The van der Waals surface area contributed by atoms with E-state index in [4.69, 9.17) is 11.6 Å². The zero-order valence-corrected chi connectivity index (χ0v) is 9.71. The van der Waals surface area contributed by atoms with Crippen molar-refractivity contribution in [2.75, 3.05) is 5.32 Å². The van der Waals surface area contributed by atoms with Gasteiger partial charge in [0.1, 0.15) is 10.0 Å². The fourth-order valence-electron chi connectivity index (χ4n) is 1.02. The fraction of sp³-hybridized carbons (Fsp3) is 0.125. The molecule has 0 aliphatic carbocycles. The SMILES string of the molecule is Cc1cc(Cl)nc(NC(=O)c2cnns2)n1. The topological polar surface area (TPSA) is 80.7 Å².